The van der Waals surface area contributed by atoms with Gasteiger partial charge in [0.25, 0.3) is 0 Å². The van der Waals surface area contributed by atoms with E-state index in [4.69, 9.17) is 17.0 Å². The van der Waals surface area contributed by atoms with Crippen molar-refractivity contribution in [2.24, 2.45) is 0 Å². The van der Waals surface area contributed by atoms with Crippen LogP contribution < -0.4 is 10.2 Å². The van der Waals surface area contributed by atoms with Crippen molar-refractivity contribution < 1.29 is 14.6 Å². The van der Waals surface area contributed by atoms with E-state index in [0.717, 1.165) is 34.0 Å². The van der Waals surface area contributed by atoms with E-state index in [1.54, 1.807) is 24.4 Å². The van der Waals surface area contributed by atoms with E-state index in [2.05, 4.69) is 25.8 Å². The highest BCUT2D eigenvalue weighted by Gasteiger charge is 2.42. The first-order valence-electron chi connectivity index (χ1n) is 11.6. The zero-order valence-electron chi connectivity index (χ0n) is 20.2. The van der Waals surface area contributed by atoms with Crippen LogP contribution in [0.3, 0.4) is 0 Å². The van der Waals surface area contributed by atoms with Crippen LogP contribution in [0.2, 0.25) is 0 Å². The van der Waals surface area contributed by atoms with E-state index >= 15 is 0 Å². The van der Waals surface area contributed by atoms with Gasteiger partial charge in [-0.1, -0.05) is 18.2 Å². The quantitative estimate of drug-likeness (QED) is 0.291. The SMILES string of the molecule is COC(=O)c1ccccc1-n1c(C)cc([C@@H]2[C@H](c3ccccn3)NC(=S)N2c2ccc(O)cc2)c1C. The van der Waals surface area contributed by atoms with E-state index in [-0.39, 0.29) is 23.8 Å². The number of hydrogen-bond donors (Lipinski definition) is 2. The molecular formula is C28H26N4O3S. The standard InChI is InChI=1S/C28H26N4O3S/c1-17-16-22(18(2)31(17)24-10-5-4-8-21(24)27(34)35-3)26-25(23-9-6-7-15-29-23)30-28(36)32(26)19-11-13-20(33)14-12-19/h4-16,25-26,33H,1-3H3,(H,30,36)/t25-,26+/m0/s1. The van der Waals surface area contributed by atoms with Gasteiger partial charge in [0.2, 0.25) is 0 Å². The first-order valence-corrected chi connectivity index (χ1v) is 12.0. The van der Waals surface area contributed by atoms with Gasteiger partial charge in [-0.05, 0) is 86.2 Å². The van der Waals surface area contributed by atoms with Gasteiger partial charge in [0.15, 0.2) is 5.11 Å². The third-order valence-electron chi connectivity index (χ3n) is 6.57. The number of ether oxygens (including phenoxy) is 1. The van der Waals surface area contributed by atoms with Gasteiger partial charge in [0, 0.05) is 23.3 Å². The molecule has 0 amide bonds. The molecule has 2 atom stereocenters. The van der Waals surface area contributed by atoms with Crippen molar-refractivity contribution in [3.63, 3.8) is 0 Å². The summed E-state index contributed by atoms with van der Waals surface area (Å²) in [6, 6.07) is 22.0. The molecule has 5 rings (SSSR count). The Bertz CT molecular complexity index is 1430. The molecule has 2 N–H and O–H groups in total. The van der Waals surface area contributed by atoms with Gasteiger partial charge < -0.3 is 24.6 Å². The Hall–Kier alpha value is -4.17. The highest BCUT2D eigenvalue weighted by atomic mass is 32.1. The molecule has 1 aliphatic heterocycles. The Kier molecular flexibility index (Phi) is 6.20. The van der Waals surface area contributed by atoms with Crippen molar-refractivity contribution in [1.82, 2.24) is 14.9 Å². The van der Waals surface area contributed by atoms with Crippen LogP contribution in [-0.2, 0) is 4.74 Å². The second-order valence-electron chi connectivity index (χ2n) is 8.68. The second kappa shape index (κ2) is 9.47. The average Bonchev–Trinajstić information content (AvgIpc) is 3.39. The summed E-state index contributed by atoms with van der Waals surface area (Å²) in [6.07, 6.45) is 1.77. The number of rotatable bonds is 5. The van der Waals surface area contributed by atoms with Crippen molar-refractivity contribution in [2.45, 2.75) is 25.9 Å². The highest BCUT2D eigenvalue weighted by molar-refractivity contribution is 7.80. The fraction of sp³-hybridized carbons (Fsp3) is 0.179. The number of para-hydroxylation sites is 1. The maximum Gasteiger partial charge on any atom is 0.339 e. The minimum atomic E-state index is -0.388. The average molecular weight is 499 g/mol. The summed E-state index contributed by atoms with van der Waals surface area (Å²) < 4.78 is 7.12. The Morgan fingerprint density at radius 2 is 1.78 bits per heavy atom. The normalized spacial score (nSPS) is 17.2. The maximum absolute atomic E-state index is 12.5. The molecule has 7 nitrogen and oxygen atoms in total. The molecule has 1 saturated heterocycles. The Morgan fingerprint density at radius 3 is 2.47 bits per heavy atom. The van der Waals surface area contributed by atoms with Crippen molar-refractivity contribution >= 4 is 29.0 Å². The molecule has 1 fully saturated rings. The van der Waals surface area contributed by atoms with Gasteiger partial charge >= 0.3 is 5.97 Å². The number of esters is 1. The van der Waals surface area contributed by atoms with Crippen LogP contribution in [0.25, 0.3) is 5.69 Å². The van der Waals surface area contributed by atoms with Crippen molar-refractivity contribution in [2.75, 3.05) is 12.0 Å². The molecule has 1 aliphatic rings. The van der Waals surface area contributed by atoms with Crippen LogP contribution >= 0.6 is 12.2 Å². The van der Waals surface area contributed by atoms with E-state index < -0.39 is 0 Å². The predicted octanol–water partition coefficient (Wildman–Crippen LogP) is 5.16. The van der Waals surface area contributed by atoms with E-state index in [9.17, 15) is 9.90 Å². The Morgan fingerprint density at radius 1 is 1.06 bits per heavy atom. The smallest absolute Gasteiger partial charge is 0.339 e. The summed E-state index contributed by atoms with van der Waals surface area (Å²) in [5.74, 6) is -0.201. The number of aromatic nitrogens is 2. The minimum absolute atomic E-state index is 0.187. The van der Waals surface area contributed by atoms with E-state index in [1.165, 1.54) is 7.11 Å². The minimum Gasteiger partial charge on any atom is -0.508 e. The summed E-state index contributed by atoms with van der Waals surface area (Å²) in [5.41, 5.74) is 5.96. The molecule has 3 heterocycles. The molecule has 0 saturated carbocycles. The van der Waals surface area contributed by atoms with Crippen LogP contribution in [-0.4, -0.2) is 32.8 Å². The monoisotopic (exact) mass is 498 g/mol. The number of phenols is 1. The van der Waals surface area contributed by atoms with Gasteiger partial charge in [-0.25, -0.2) is 4.79 Å². The van der Waals surface area contributed by atoms with E-state index in [0.29, 0.717) is 10.7 Å². The molecule has 2 aromatic carbocycles. The fourth-order valence-corrected chi connectivity index (χ4v) is 5.32. The Labute approximate surface area is 215 Å². The predicted molar refractivity (Wildman–Crippen MR) is 143 cm³/mol. The molecule has 0 bridgehead atoms. The molecule has 182 valence electrons. The fourth-order valence-electron chi connectivity index (χ4n) is 4.97. The number of aromatic hydroxyl groups is 1. The zero-order chi connectivity index (χ0) is 25.4. The van der Waals surface area contributed by atoms with Gasteiger partial charge in [-0.3, -0.25) is 4.98 Å². The van der Waals surface area contributed by atoms with Crippen LogP contribution in [0.15, 0.2) is 79.0 Å². The topological polar surface area (TPSA) is 79.6 Å². The van der Waals surface area contributed by atoms with Crippen LogP contribution in [0.1, 0.15) is 45.1 Å². The van der Waals surface area contributed by atoms with Gasteiger partial charge in [-0.2, -0.15) is 0 Å². The molecule has 36 heavy (non-hydrogen) atoms. The number of nitrogens with zero attached hydrogens (tertiary/aromatic N) is 3. The molecular weight excluding hydrogens is 472 g/mol. The first kappa shape index (κ1) is 23.6. The summed E-state index contributed by atoms with van der Waals surface area (Å²) in [6.45, 7) is 4.06. The maximum atomic E-state index is 12.5. The lowest BCUT2D eigenvalue weighted by atomic mass is 9.96. The molecule has 0 aliphatic carbocycles. The van der Waals surface area contributed by atoms with Crippen LogP contribution in [0, 0.1) is 13.8 Å². The molecule has 4 aromatic rings. The lowest BCUT2D eigenvalue weighted by molar-refractivity contribution is 0.0600. The van der Waals surface area contributed by atoms with Crippen molar-refractivity contribution in [3.8, 4) is 11.4 Å². The number of aryl methyl sites for hydroxylation is 1. The van der Waals surface area contributed by atoms with Crippen LogP contribution in [0.5, 0.6) is 5.75 Å². The number of phenolic OH excluding ortho intramolecular Hbond substituents is 1. The number of anilines is 1. The molecule has 8 heteroatoms. The summed E-state index contributed by atoms with van der Waals surface area (Å²) in [4.78, 5) is 19.2. The third kappa shape index (κ3) is 3.99. The lowest BCUT2D eigenvalue weighted by Gasteiger charge is -2.28. The number of benzene rings is 2. The number of methoxy groups -OCH3 is 1. The molecule has 0 unspecified atom stereocenters. The van der Waals surface area contributed by atoms with Gasteiger partial charge in [-0.15, -0.1) is 0 Å². The summed E-state index contributed by atoms with van der Waals surface area (Å²) in [7, 11) is 1.39. The number of carbonyl (C=O) groups is 1. The second-order valence-corrected chi connectivity index (χ2v) is 9.07. The Balaban J connectivity index is 1.69. The van der Waals surface area contributed by atoms with Crippen molar-refractivity contribution in [3.05, 3.63) is 107 Å². The van der Waals surface area contributed by atoms with Crippen molar-refractivity contribution in [1.29, 1.82) is 0 Å². The number of hydrogen-bond acceptors (Lipinski definition) is 5. The number of thiocarbonyl (C=S) groups is 1. The first-order chi connectivity index (χ1) is 17.4. The van der Waals surface area contributed by atoms with Crippen LogP contribution in [0.4, 0.5) is 5.69 Å². The zero-order valence-corrected chi connectivity index (χ0v) is 21.0. The summed E-state index contributed by atoms with van der Waals surface area (Å²) >= 11 is 5.81. The number of carbonyl (C=O) groups excluding carboxylic acids is 1. The summed E-state index contributed by atoms with van der Waals surface area (Å²) in [5, 5.41) is 13.9. The molecule has 0 spiro atoms. The van der Waals surface area contributed by atoms with Gasteiger partial charge in [0.05, 0.1) is 36.1 Å². The lowest BCUT2D eigenvalue weighted by Crippen LogP contribution is -2.29. The van der Waals surface area contributed by atoms with Gasteiger partial charge in [0.1, 0.15) is 5.75 Å². The number of nitrogens with one attached hydrogen (secondary N) is 1. The number of pyridine rings is 1. The molecule has 2 aromatic heterocycles. The van der Waals surface area contributed by atoms with E-state index in [1.807, 2.05) is 62.4 Å². The largest absolute Gasteiger partial charge is 0.508 e. The third-order valence-corrected chi connectivity index (χ3v) is 6.88. The highest BCUT2D eigenvalue weighted by Crippen LogP contribution is 2.44. The molecule has 0 radical (unpaired) electrons.